The number of ether oxygens (including phenoxy) is 3. The number of nitrogens with one attached hydrogen (secondary N) is 1. The van der Waals surface area contributed by atoms with E-state index in [4.69, 9.17) is 25.8 Å². The molecule has 2 aliphatic rings. The highest BCUT2D eigenvalue weighted by molar-refractivity contribution is 9.10. The van der Waals surface area contributed by atoms with Crippen LogP contribution in [-0.4, -0.2) is 57.8 Å². The first kappa shape index (κ1) is 26.4. The second kappa shape index (κ2) is 11.6. The van der Waals surface area contributed by atoms with Crippen molar-refractivity contribution in [2.45, 2.75) is 38.4 Å². The van der Waals surface area contributed by atoms with Gasteiger partial charge in [-0.15, -0.1) is 0 Å². The Bertz CT molecular complexity index is 1130. The predicted octanol–water partition coefficient (Wildman–Crippen LogP) is 4.98. The van der Waals surface area contributed by atoms with Crippen LogP contribution in [-0.2, 0) is 19.5 Å². The SMILES string of the molecule is CN(c1cc(OCCC2CC2COC2CCCCO2)ccc1Nc1nc(Cl)ncc1Br)S(C)(=O)=O. The van der Waals surface area contributed by atoms with Gasteiger partial charge >= 0.3 is 0 Å². The molecule has 1 N–H and O–H groups in total. The molecule has 9 nitrogen and oxygen atoms in total. The van der Waals surface area contributed by atoms with E-state index >= 15 is 0 Å². The van der Waals surface area contributed by atoms with Gasteiger partial charge in [-0.3, -0.25) is 4.31 Å². The summed E-state index contributed by atoms with van der Waals surface area (Å²) >= 11 is 9.29. The summed E-state index contributed by atoms with van der Waals surface area (Å²) in [6, 6.07) is 5.26. The lowest BCUT2D eigenvalue weighted by Crippen LogP contribution is -2.25. The van der Waals surface area contributed by atoms with E-state index in [1.165, 1.54) is 24.0 Å². The highest BCUT2D eigenvalue weighted by Gasteiger charge is 2.37. The van der Waals surface area contributed by atoms with Crippen molar-refractivity contribution in [3.8, 4) is 5.75 Å². The third-order valence-electron chi connectivity index (χ3n) is 6.23. The number of hydrogen-bond donors (Lipinski definition) is 1. The van der Waals surface area contributed by atoms with E-state index in [0.29, 0.717) is 45.9 Å². The molecule has 1 aromatic heterocycles. The first-order valence-corrected chi connectivity index (χ1v) is 14.6. The summed E-state index contributed by atoms with van der Waals surface area (Å²) in [5, 5.41) is 3.20. The molecule has 1 saturated heterocycles. The van der Waals surface area contributed by atoms with Crippen LogP contribution in [0.5, 0.6) is 5.75 Å². The van der Waals surface area contributed by atoms with E-state index in [1.54, 1.807) is 18.2 Å². The van der Waals surface area contributed by atoms with Crippen LogP contribution in [0.4, 0.5) is 17.2 Å². The minimum atomic E-state index is -3.51. The van der Waals surface area contributed by atoms with Gasteiger partial charge in [0, 0.05) is 25.9 Å². The fourth-order valence-electron chi connectivity index (χ4n) is 3.98. The molecule has 192 valence electrons. The van der Waals surface area contributed by atoms with Crippen LogP contribution in [0.15, 0.2) is 28.9 Å². The van der Waals surface area contributed by atoms with Gasteiger partial charge in [-0.05, 0) is 83.6 Å². The van der Waals surface area contributed by atoms with Gasteiger partial charge in [0.25, 0.3) is 0 Å². The second-order valence-corrected chi connectivity index (χ2v) is 12.1. The van der Waals surface area contributed by atoms with E-state index in [0.717, 1.165) is 45.2 Å². The Labute approximate surface area is 219 Å². The van der Waals surface area contributed by atoms with Gasteiger partial charge < -0.3 is 19.5 Å². The molecule has 2 fully saturated rings. The average molecular weight is 590 g/mol. The number of nitrogens with zero attached hydrogens (tertiary/aromatic N) is 3. The van der Waals surface area contributed by atoms with Gasteiger partial charge in [0.15, 0.2) is 6.29 Å². The second-order valence-electron chi connectivity index (χ2n) is 8.89. The average Bonchev–Trinajstić information content (AvgIpc) is 3.58. The molecule has 1 aliphatic carbocycles. The number of anilines is 3. The van der Waals surface area contributed by atoms with Crippen LogP contribution in [0.3, 0.4) is 0 Å². The maximum absolute atomic E-state index is 12.3. The third kappa shape index (κ3) is 7.42. The van der Waals surface area contributed by atoms with E-state index < -0.39 is 10.0 Å². The lowest BCUT2D eigenvalue weighted by Gasteiger charge is -2.22. The molecule has 35 heavy (non-hydrogen) atoms. The number of halogens is 2. The lowest BCUT2D eigenvalue weighted by molar-refractivity contribution is -0.165. The highest BCUT2D eigenvalue weighted by atomic mass is 79.9. The van der Waals surface area contributed by atoms with Crippen LogP contribution >= 0.6 is 27.5 Å². The number of hydrogen-bond acceptors (Lipinski definition) is 8. The van der Waals surface area contributed by atoms with Crippen molar-refractivity contribution in [2.24, 2.45) is 11.8 Å². The zero-order valence-electron chi connectivity index (χ0n) is 19.7. The monoisotopic (exact) mass is 588 g/mol. The smallest absolute Gasteiger partial charge is 0.232 e. The van der Waals surface area contributed by atoms with Crippen molar-refractivity contribution in [3.63, 3.8) is 0 Å². The Kier molecular flexibility index (Phi) is 8.75. The number of benzene rings is 1. The minimum absolute atomic E-state index is 0.0439. The van der Waals surface area contributed by atoms with Gasteiger partial charge in [0.1, 0.15) is 11.6 Å². The molecule has 3 unspecified atom stereocenters. The van der Waals surface area contributed by atoms with E-state index in [1.807, 2.05) is 0 Å². The first-order valence-electron chi connectivity index (χ1n) is 11.6. The van der Waals surface area contributed by atoms with Gasteiger partial charge in [-0.2, -0.15) is 4.98 Å². The Balaban J connectivity index is 1.35. The fraction of sp³-hybridized carbons (Fsp3) is 0.565. The molecular weight excluding hydrogens is 560 g/mol. The van der Waals surface area contributed by atoms with Crippen LogP contribution in [0.1, 0.15) is 32.1 Å². The molecule has 0 spiro atoms. The maximum atomic E-state index is 12.3. The molecule has 1 saturated carbocycles. The minimum Gasteiger partial charge on any atom is -0.494 e. The van der Waals surface area contributed by atoms with Gasteiger partial charge in [-0.25, -0.2) is 13.4 Å². The summed E-state index contributed by atoms with van der Waals surface area (Å²) in [6.45, 7) is 2.08. The summed E-state index contributed by atoms with van der Waals surface area (Å²) in [4.78, 5) is 8.07. The highest BCUT2D eigenvalue weighted by Crippen LogP contribution is 2.42. The summed E-state index contributed by atoms with van der Waals surface area (Å²) in [6.07, 6.45) is 7.95. The van der Waals surface area contributed by atoms with Crippen molar-refractivity contribution >= 4 is 54.7 Å². The molecule has 12 heteroatoms. The molecule has 0 bridgehead atoms. The lowest BCUT2D eigenvalue weighted by atomic mass is 10.2. The van der Waals surface area contributed by atoms with Gasteiger partial charge in [0.2, 0.25) is 15.3 Å². The topological polar surface area (TPSA) is 103 Å². The molecule has 4 rings (SSSR count). The van der Waals surface area contributed by atoms with Crippen molar-refractivity contribution in [1.82, 2.24) is 9.97 Å². The molecule has 2 heterocycles. The van der Waals surface area contributed by atoms with Crippen LogP contribution in [0, 0.1) is 11.8 Å². The molecule has 1 aromatic carbocycles. The largest absolute Gasteiger partial charge is 0.494 e. The Morgan fingerprint density at radius 1 is 1.31 bits per heavy atom. The summed E-state index contributed by atoms with van der Waals surface area (Å²) in [5.74, 6) is 2.14. The summed E-state index contributed by atoms with van der Waals surface area (Å²) in [5.41, 5.74) is 0.960. The fourth-order valence-corrected chi connectivity index (χ4v) is 4.91. The molecule has 1 aliphatic heterocycles. The number of sulfonamides is 1. The Morgan fingerprint density at radius 3 is 2.89 bits per heavy atom. The van der Waals surface area contributed by atoms with Crippen molar-refractivity contribution in [2.75, 3.05) is 42.7 Å². The van der Waals surface area contributed by atoms with E-state index in [2.05, 4.69) is 31.2 Å². The molecule has 3 atom stereocenters. The van der Waals surface area contributed by atoms with Crippen LogP contribution in [0.2, 0.25) is 5.28 Å². The number of aromatic nitrogens is 2. The maximum Gasteiger partial charge on any atom is 0.232 e. The van der Waals surface area contributed by atoms with E-state index in [-0.39, 0.29) is 11.6 Å². The van der Waals surface area contributed by atoms with E-state index in [9.17, 15) is 8.42 Å². The Hall–Kier alpha value is -1.66. The quantitative estimate of drug-likeness (QED) is 0.366. The van der Waals surface area contributed by atoms with Crippen LogP contribution < -0.4 is 14.4 Å². The third-order valence-corrected chi connectivity index (χ3v) is 8.19. The van der Waals surface area contributed by atoms with Crippen molar-refractivity contribution in [1.29, 1.82) is 0 Å². The first-order chi connectivity index (χ1) is 16.7. The van der Waals surface area contributed by atoms with Crippen LogP contribution in [0.25, 0.3) is 0 Å². The van der Waals surface area contributed by atoms with Crippen molar-refractivity contribution < 1.29 is 22.6 Å². The van der Waals surface area contributed by atoms with Crippen molar-refractivity contribution in [3.05, 3.63) is 34.2 Å². The zero-order valence-corrected chi connectivity index (χ0v) is 22.9. The number of rotatable bonds is 11. The molecule has 2 aromatic rings. The molecular formula is C23H30BrClN4O5S. The van der Waals surface area contributed by atoms with Gasteiger partial charge in [0.05, 0.1) is 35.3 Å². The molecule has 0 amide bonds. The molecule has 0 radical (unpaired) electrons. The summed E-state index contributed by atoms with van der Waals surface area (Å²) in [7, 11) is -2.02. The van der Waals surface area contributed by atoms with Gasteiger partial charge in [-0.1, -0.05) is 0 Å². The Morgan fingerprint density at radius 2 is 2.14 bits per heavy atom. The predicted molar refractivity (Wildman–Crippen MR) is 139 cm³/mol. The summed E-state index contributed by atoms with van der Waals surface area (Å²) < 4.78 is 43.8. The zero-order chi connectivity index (χ0) is 25.0. The normalized spacial score (nSPS) is 22.0. The standard InChI is InChI=1S/C23H30BrClN4O5S/c1-29(35(2,30)31)20-12-17(6-7-19(20)27-22-18(24)13-26-23(25)28-22)32-10-8-15-11-16(15)14-34-21-5-3-4-9-33-21/h6-7,12-13,15-16,21H,3-5,8-11,14H2,1-2H3,(H,26,27,28).